The quantitative estimate of drug-likeness (QED) is 0.542. The highest BCUT2D eigenvalue weighted by molar-refractivity contribution is 6.60. The second-order valence-electron chi connectivity index (χ2n) is 5.02. The van der Waals surface area contributed by atoms with Gasteiger partial charge in [-0.3, -0.25) is 0 Å². The van der Waals surface area contributed by atoms with Crippen LogP contribution in [0.2, 0.25) is 6.04 Å². The Morgan fingerprint density at radius 1 is 0.826 bits per heavy atom. The molecule has 0 aliphatic carbocycles. The monoisotopic (exact) mass is 342 g/mol. The summed E-state index contributed by atoms with van der Waals surface area (Å²) in [7, 11) is 0.749. The molecule has 0 aliphatic heterocycles. The van der Waals surface area contributed by atoms with Gasteiger partial charge in [-0.15, -0.1) is 0 Å². The van der Waals surface area contributed by atoms with E-state index in [9.17, 15) is 0 Å². The topological polar surface area (TPSA) is 46.2 Å². The maximum atomic E-state index is 5.88. The summed E-state index contributed by atoms with van der Waals surface area (Å²) in [4.78, 5) is 0. The molecule has 0 spiro atoms. The molecule has 6 heteroatoms. The Bertz CT molecular complexity index is 436. The lowest BCUT2D eigenvalue weighted by atomic mass is 10.1. The molecule has 23 heavy (non-hydrogen) atoms. The van der Waals surface area contributed by atoms with Gasteiger partial charge < -0.3 is 22.8 Å². The zero-order valence-corrected chi connectivity index (χ0v) is 16.0. The van der Waals surface area contributed by atoms with Crippen LogP contribution in [0, 0.1) is 0 Å². The summed E-state index contributed by atoms with van der Waals surface area (Å²) in [6, 6.07) is 6.83. The number of benzene rings is 1. The zero-order valence-electron chi connectivity index (χ0n) is 15.0. The van der Waals surface area contributed by atoms with Crippen molar-refractivity contribution in [2.24, 2.45) is 0 Å². The van der Waals surface area contributed by atoms with Gasteiger partial charge in [-0.05, 0) is 51.3 Å². The Labute approximate surface area is 141 Å². The molecule has 5 nitrogen and oxygen atoms in total. The highest BCUT2D eigenvalue weighted by atomic mass is 28.4. The van der Waals surface area contributed by atoms with Gasteiger partial charge in [-0.2, -0.15) is 0 Å². The van der Waals surface area contributed by atoms with Crippen LogP contribution in [0.3, 0.4) is 0 Å². The molecule has 0 heterocycles. The molecule has 0 saturated carbocycles. The molecular formula is C17H30O5Si. The van der Waals surface area contributed by atoms with E-state index in [0.717, 1.165) is 30.4 Å². The van der Waals surface area contributed by atoms with Gasteiger partial charge in [0.25, 0.3) is 0 Å². The summed E-state index contributed by atoms with van der Waals surface area (Å²) < 4.78 is 28.3. The number of aryl methyl sites for hydroxylation is 1. The third kappa shape index (κ3) is 6.14. The van der Waals surface area contributed by atoms with E-state index in [1.165, 1.54) is 5.56 Å². The normalized spacial score (nSPS) is 11.5. The molecule has 0 fully saturated rings. The number of rotatable bonds is 12. The summed E-state index contributed by atoms with van der Waals surface area (Å²) in [5, 5.41) is 0. The smallest absolute Gasteiger partial charge is 0.493 e. The Morgan fingerprint density at radius 2 is 1.39 bits per heavy atom. The van der Waals surface area contributed by atoms with E-state index in [1.807, 2.05) is 32.9 Å². The van der Waals surface area contributed by atoms with Crippen molar-refractivity contribution >= 4 is 8.80 Å². The Morgan fingerprint density at radius 3 is 1.87 bits per heavy atom. The van der Waals surface area contributed by atoms with E-state index in [2.05, 4.69) is 6.07 Å². The van der Waals surface area contributed by atoms with Crippen LogP contribution in [0.4, 0.5) is 0 Å². The average molecular weight is 343 g/mol. The Kier molecular flexibility index (Phi) is 9.24. The van der Waals surface area contributed by atoms with E-state index in [0.29, 0.717) is 19.8 Å². The molecule has 0 unspecified atom stereocenters. The predicted molar refractivity (Wildman–Crippen MR) is 93.3 cm³/mol. The summed E-state index contributed by atoms with van der Waals surface area (Å²) >= 11 is 0. The molecule has 0 atom stereocenters. The largest absolute Gasteiger partial charge is 0.500 e. The van der Waals surface area contributed by atoms with E-state index >= 15 is 0 Å². The molecule has 0 aliphatic rings. The average Bonchev–Trinajstić information content (AvgIpc) is 2.55. The van der Waals surface area contributed by atoms with Gasteiger partial charge in [0.2, 0.25) is 0 Å². The summed E-state index contributed by atoms with van der Waals surface area (Å²) in [6.07, 6.45) is 1.87. The Balaban J connectivity index is 2.68. The fourth-order valence-electron chi connectivity index (χ4n) is 2.55. The molecule has 0 radical (unpaired) electrons. The van der Waals surface area contributed by atoms with Crippen LogP contribution in [0.1, 0.15) is 32.8 Å². The SMILES string of the molecule is CCO[Si](CCCc1ccc(OC)c(OC)c1)(OCC)OCC. The van der Waals surface area contributed by atoms with Gasteiger partial charge >= 0.3 is 8.80 Å². The van der Waals surface area contributed by atoms with Gasteiger partial charge in [-0.25, -0.2) is 0 Å². The van der Waals surface area contributed by atoms with Crippen molar-refractivity contribution in [3.8, 4) is 11.5 Å². The first kappa shape index (κ1) is 20.0. The molecule has 0 bridgehead atoms. The molecular weight excluding hydrogens is 312 g/mol. The predicted octanol–water partition coefficient (Wildman–Crippen LogP) is 3.68. The molecule has 0 N–H and O–H groups in total. The fraction of sp³-hybridized carbons (Fsp3) is 0.647. The van der Waals surface area contributed by atoms with Crippen molar-refractivity contribution in [1.29, 1.82) is 0 Å². The van der Waals surface area contributed by atoms with E-state index in [4.69, 9.17) is 22.8 Å². The third-order valence-electron chi connectivity index (χ3n) is 3.49. The first-order valence-corrected chi connectivity index (χ1v) is 10.2. The lowest BCUT2D eigenvalue weighted by molar-refractivity contribution is 0.0708. The maximum Gasteiger partial charge on any atom is 0.500 e. The number of hydrogen-bond donors (Lipinski definition) is 0. The second-order valence-corrected chi connectivity index (χ2v) is 7.76. The van der Waals surface area contributed by atoms with Gasteiger partial charge in [0.1, 0.15) is 0 Å². The standard InChI is InChI=1S/C17H30O5Si/c1-6-20-23(21-7-2,22-8-3)13-9-10-15-11-12-16(18-4)17(14-15)19-5/h11-12,14H,6-10,13H2,1-5H3. The lowest BCUT2D eigenvalue weighted by Gasteiger charge is -2.28. The van der Waals surface area contributed by atoms with E-state index < -0.39 is 8.80 Å². The minimum atomic E-state index is -2.55. The highest BCUT2D eigenvalue weighted by Gasteiger charge is 2.39. The van der Waals surface area contributed by atoms with Crippen molar-refractivity contribution in [3.63, 3.8) is 0 Å². The molecule has 0 saturated heterocycles. The number of methoxy groups -OCH3 is 2. The summed E-state index contributed by atoms with van der Waals surface area (Å²) in [6.45, 7) is 7.78. The third-order valence-corrected chi connectivity index (χ3v) is 6.64. The first-order chi connectivity index (χ1) is 11.1. The van der Waals surface area contributed by atoms with Crippen LogP contribution < -0.4 is 9.47 Å². The van der Waals surface area contributed by atoms with Crippen LogP contribution in [0.5, 0.6) is 11.5 Å². The van der Waals surface area contributed by atoms with Gasteiger partial charge in [0.05, 0.1) is 14.2 Å². The zero-order chi connectivity index (χ0) is 17.1. The lowest BCUT2D eigenvalue weighted by Crippen LogP contribution is -2.46. The van der Waals surface area contributed by atoms with Crippen molar-refractivity contribution in [2.75, 3.05) is 34.0 Å². The number of ether oxygens (including phenoxy) is 2. The van der Waals surface area contributed by atoms with E-state index in [-0.39, 0.29) is 0 Å². The van der Waals surface area contributed by atoms with Crippen LogP contribution in [0.15, 0.2) is 18.2 Å². The maximum absolute atomic E-state index is 5.88. The Hall–Kier alpha value is -1.08. The van der Waals surface area contributed by atoms with Gasteiger partial charge in [-0.1, -0.05) is 6.07 Å². The summed E-state index contributed by atoms with van der Waals surface area (Å²) in [5.41, 5.74) is 1.20. The minimum absolute atomic E-state index is 0.614. The highest BCUT2D eigenvalue weighted by Crippen LogP contribution is 2.28. The molecule has 0 aromatic heterocycles. The first-order valence-electron chi connectivity index (χ1n) is 8.27. The van der Waals surface area contributed by atoms with Crippen molar-refractivity contribution in [2.45, 2.75) is 39.7 Å². The fourth-order valence-corrected chi connectivity index (χ4v) is 5.16. The second kappa shape index (κ2) is 10.6. The molecule has 1 aromatic carbocycles. The molecule has 132 valence electrons. The summed E-state index contributed by atoms with van der Waals surface area (Å²) in [5.74, 6) is 1.51. The van der Waals surface area contributed by atoms with Crippen LogP contribution in [0.25, 0.3) is 0 Å². The van der Waals surface area contributed by atoms with Crippen LogP contribution >= 0.6 is 0 Å². The number of hydrogen-bond acceptors (Lipinski definition) is 5. The molecule has 1 rings (SSSR count). The van der Waals surface area contributed by atoms with Crippen molar-refractivity contribution in [3.05, 3.63) is 23.8 Å². The van der Waals surface area contributed by atoms with Crippen molar-refractivity contribution < 1.29 is 22.8 Å². The minimum Gasteiger partial charge on any atom is -0.493 e. The molecule has 1 aromatic rings. The van der Waals surface area contributed by atoms with E-state index in [1.54, 1.807) is 14.2 Å². The van der Waals surface area contributed by atoms with Crippen molar-refractivity contribution in [1.82, 2.24) is 0 Å². The van der Waals surface area contributed by atoms with Gasteiger partial charge in [0, 0.05) is 25.9 Å². The molecule has 0 amide bonds. The van der Waals surface area contributed by atoms with Gasteiger partial charge in [0.15, 0.2) is 11.5 Å². The van der Waals surface area contributed by atoms with Crippen LogP contribution in [-0.2, 0) is 19.7 Å². The van der Waals surface area contributed by atoms with Crippen LogP contribution in [-0.4, -0.2) is 42.8 Å².